The number of carbonyl (C=O) groups excluding carboxylic acids is 2. The van der Waals surface area contributed by atoms with Crippen LogP contribution in [0.15, 0.2) is 0 Å². The normalized spacial score (nSPS) is 12.5. The molecule has 9 nitrogen and oxygen atoms in total. The number of rotatable bonds is 70. The fourth-order valence-electron chi connectivity index (χ4n) is 11.5. The highest BCUT2D eigenvalue weighted by atomic mass is 16.7. The van der Waals surface area contributed by atoms with Gasteiger partial charge in [-0.25, -0.2) is 4.79 Å². The summed E-state index contributed by atoms with van der Waals surface area (Å²) in [6.07, 6.45) is 75.4. The molecule has 2 unspecified atom stereocenters. The number of carboxylic acid groups (broad SMARTS) is 1. The summed E-state index contributed by atoms with van der Waals surface area (Å²) in [4.78, 5) is 37.6. The molecule has 0 saturated carbocycles. The first-order valence-corrected chi connectivity index (χ1v) is 36.7. The Labute approximate surface area is 511 Å². The van der Waals surface area contributed by atoms with Crippen LogP contribution in [0.1, 0.15) is 393 Å². The van der Waals surface area contributed by atoms with Crippen molar-refractivity contribution in [3.63, 3.8) is 0 Å². The predicted octanol–water partition coefficient (Wildman–Crippen LogP) is 22.6. The van der Waals surface area contributed by atoms with Gasteiger partial charge in [-0.3, -0.25) is 9.59 Å². The van der Waals surface area contributed by atoms with Crippen LogP contribution in [0.5, 0.6) is 0 Å². The second-order valence-electron chi connectivity index (χ2n) is 26.6. The zero-order valence-electron chi connectivity index (χ0n) is 56.0. The molecule has 0 amide bonds. The second kappa shape index (κ2) is 65.3. The van der Waals surface area contributed by atoms with E-state index < -0.39 is 18.4 Å². The summed E-state index contributed by atoms with van der Waals surface area (Å²) in [5.74, 6) is -1.97. The number of hydrogen-bond donors (Lipinski definition) is 1. The van der Waals surface area contributed by atoms with Crippen LogP contribution in [-0.2, 0) is 33.3 Å². The first-order valence-electron chi connectivity index (χ1n) is 36.7. The molecule has 488 valence electrons. The van der Waals surface area contributed by atoms with E-state index in [4.69, 9.17) is 18.9 Å². The molecule has 0 aromatic carbocycles. The molecule has 0 aromatic rings. The summed E-state index contributed by atoms with van der Waals surface area (Å²) in [5.41, 5.74) is 0. The predicted molar refractivity (Wildman–Crippen MR) is 351 cm³/mol. The smallest absolute Gasteiger partial charge is 0.361 e. The number of likely N-dealkylation sites (N-methyl/N-ethyl adjacent to an activating group) is 1. The average Bonchev–Trinajstić information content (AvgIpc) is 3.47. The zero-order valence-corrected chi connectivity index (χ0v) is 56.0. The van der Waals surface area contributed by atoms with Gasteiger partial charge >= 0.3 is 17.9 Å². The van der Waals surface area contributed by atoms with Crippen LogP contribution in [-0.4, -0.2) is 87.4 Å². The summed E-state index contributed by atoms with van der Waals surface area (Å²) >= 11 is 0. The first-order chi connectivity index (χ1) is 40.1. The summed E-state index contributed by atoms with van der Waals surface area (Å²) in [6, 6.07) is 0. The Morgan fingerprint density at radius 1 is 0.317 bits per heavy atom. The van der Waals surface area contributed by atoms with Crippen LogP contribution in [0, 0.1) is 0 Å². The number of quaternary nitrogens is 1. The van der Waals surface area contributed by atoms with Gasteiger partial charge in [0.15, 0.2) is 6.10 Å². The van der Waals surface area contributed by atoms with Gasteiger partial charge in [0.1, 0.15) is 13.2 Å². The van der Waals surface area contributed by atoms with Crippen LogP contribution in [0.25, 0.3) is 0 Å². The molecule has 0 aliphatic carbocycles. The molecule has 2 atom stereocenters. The maximum Gasteiger partial charge on any atom is 0.361 e. The summed E-state index contributed by atoms with van der Waals surface area (Å²) in [7, 11) is 6.00. The Bertz CT molecular complexity index is 1300. The van der Waals surface area contributed by atoms with Crippen LogP contribution in [0.2, 0.25) is 0 Å². The molecule has 0 heterocycles. The third-order valence-corrected chi connectivity index (χ3v) is 17.1. The van der Waals surface area contributed by atoms with Crippen LogP contribution < -0.4 is 0 Å². The molecule has 0 radical (unpaired) electrons. The summed E-state index contributed by atoms with van der Waals surface area (Å²) in [5, 5.41) is 9.74. The number of carboxylic acids is 1. The fraction of sp³-hybridized carbons (Fsp3) is 0.959. The molecule has 82 heavy (non-hydrogen) atoms. The monoisotopic (exact) mass is 1160 g/mol. The number of ether oxygens (including phenoxy) is 4. The van der Waals surface area contributed by atoms with E-state index in [9.17, 15) is 19.5 Å². The molecule has 0 saturated heterocycles. The quantitative estimate of drug-likeness (QED) is 0.0278. The van der Waals surface area contributed by atoms with Gasteiger partial charge in [0.05, 0.1) is 34.4 Å². The van der Waals surface area contributed by atoms with E-state index >= 15 is 0 Å². The van der Waals surface area contributed by atoms with Crippen molar-refractivity contribution >= 4 is 17.9 Å². The highest BCUT2D eigenvalue weighted by Gasteiger charge is 2.25. The van der Waals surface area contributed by atoms with E-state index in [-0.39, 0.29) is 38.2 Å². The Hall–Kier alpha value is -1.71. The van der Waals surface area contributed by atoms with Crippen LogP contribution in [0.3, 0.4) is 0 Å². The van der Waals surface area contributed by atoms with Gasteiger partial charge in [-0.15, -0.1) is 0 Å². The van der Waals surface area contributed by atoms with Gasteiger partial charge in [0.2, 0.25) is 0 Å². The summed E-state index contributed by atoms with van der Waals surface area (Å²) < 4.78 is 23.0. The highest BCUT2D eigenvalue weighted by Crippen LogP contribution is 2.20. The Balaban J connectivity index is 3.92. The third kappa shape index (κ3) is 65.8. The minimum atomic E-state index is -1.50. The molecule has 1 N–H and O–H groups in total. The minimum Gasteiger partial charge on any atom is -0.477 e. The minimum absolute atomic E-state index is 0.172. The molecule has 0 aliphatic heterocycles. The Kier molecular flexibility index (Phi) is 63.9. The lowest BCUT2D eigenvalue weighted by molar-refractivity contribution is -0.870. The largest absolute Gasteiger partial charge is 0.477 e. The SMILES string of the molecule is CCCCCCCCCCCCCCCCCCCCCCCCCCCCCCCCCCCCCCCCC(=O)OC(COC(=O)CCCCCCCCCCCCCCCCCCCCC)COC(OCC[N+](C)(C)C)C(=O)O. The lowest BCUT2D eigenvalue weighted by atomic mass is 10.0. The molecule has 0 aliphatic rings. The maximum absolute atomic E-state index is 12.9. The number of hydrogen-bond acceptors (Lipinski definition) is 7. The lowest BCUT2D eigenvalue weighted by Crippen LogP contribution is -2.40. The molecule has 0 rings (SSSR count). The van der Waals surface area contributed by atoms with Crippen molar-refractivity contribution in [2.75, 3.05) is 47.5 Å². The van der Waals surface area contributed by atoms with Crippen LogP contribution >= 0.6 is 0 Å². The molecule has 0 spiro atoms. The standard InChI is InChI=1S/C73H143NO8/c1-6-8-10-12-14-16-18-20-22-24-26-27-28-29-30-31-32-33-34-35-36-37-38-39-40-41-42-43-44-46-48-50-52-54-56-58-60-62-64-71(76)82-69(68-81-73(72(77)78)79-66-65-74(3,4)5)67-80-70(75)63-61-59-57-55-53-51-49-47-45-25-23-21-19-17-15-13-11-9-7-2/h69,73H,6-68H2,1-5H3/p+1. The number of carbonyl (C=O) groups is 3. The average molecular weight is 1160 g/mol. The molecule has 0 aromatic heterocycles. The van der Waals surface area contributed by atoms with E-state index in [0.717, 1.165) is 38.5 Å². The van der Waals surface area contributed by atoms with Crippen molar-refractivity contribution < 1.29 is 42.9 Å². The van der Waals surface area contributed by atoms with Crippen molar-refractivity contribution in [1.29, 1.82) is 0 Å². The van der Waals surface area contributed by atoms with Crippen molar-refractivity contribution in [3.8, 4) is 0 Å². The summed E-state index contributed by atoms with van der Waals surface area (Å²) in [6.45, 7) is 4.97. The van der Waals surface area contributed by atoms with E-state index in [0.29, 0.717) is 17.4 Å². The van der Waals surface area contributed by atoms with Crippen LogP contribution in [0.4, 0.5) is 0 Å². The molecular formula is C73H144NO8+. The van der Waals surface area contributed by atoms with Crippen molar-refractivity contribution in [2.24, 2.45) is 0 Å². The van der Waals surface area contributed by atoms with Gasteiger partial charge in [-0.1, -0.05) is 367 Å². The fourth-order valence-corrected chi connectivity index (χ4v) is 11.5. The van der Waals surface area contributed by atoms with Gasteiger partial charge in [-0.05, 0) is 12.8 Å². The lowest BCUT2D eigenvalue weighted by Gasteiger charge is -2.25. The molecule has 0 bridgehead atoms. The zero-order chi connectivity index (χ0) is 59.8. The molecule has 0 fully saturated rings. The molecular weight excluding hydrogens is 1020 g/mol. The van der Waals surface area contributed by atoms with E-state index in [2.05, 4.69) is 13.8 Å². The van der Waals surface area contributed by atoms with Gasteiger partial charge < -0.3 is 28.5 Å². The van der Waals surface area contributed by atoms with E-state index in [1.54, 1.807) is 0 Å². The maximum atomic E-state index is 12.9. The topological polar surface area (TPSA) is 108 Å². The van der Waals surface area contributed by atoms with Gasteiger partial charge in [-0.2, -0.15) is 0 Å². The van der Waals surface area contributed by atoms with E-state index in [1.165, 1.54) is 327 Å². The van der Waals surface area contributed by atoms with Gasteiger partial charge in [0.25, 0.3) is 6.29 Å². The first kappa shape index (κ1) is 80.3. The third-order valence-electron chi connectivity index (χ3n) is 17.1. The van der Waals surface area contributed by atoms with Gasteiger partial charge in [0, 0.05) is 12.8 Å². The number of aliphatic carboxylic acids is 1. The number of esters is 2. The number of nitrogens with zero attached hydrogens (tertiary/aromatic N) is 1. The van der Waals surface area contributed by atoms with E-state index in [1.807, 2.05) is 21.1 Å². The van der Waals surface area contributed by atoms with Crippen molar-refractivity contribution in [3.05, 3.63) is 0 Å². The molecule has 9 heteroatoms. The Morgan fingerprint density at radius 2 is 0.549 bits per heavy atom. The van der Waals surface area contributed by atoms with Crippen molar-refractivity contribution in [1.82, 2.24) is 0 Å². The highest BCUT2D eigenvalue weighted by molar-refractivity contribution is 5.71. The number of unbranched alkanes of at least 4 members (excludes halogenated alkanes) is 55. The second-order valence-corrected chi connectivity index (χ2v) is 26.6. The Morgan fingerprint density at radius 3 is 0.780 bits per heavy atom. The van der Waals surface area contributed by atoms with Crippen molar-refractivity contribution in [2.45, 2.75) is 405 Å².